The van der Waals surface area contributed by atoms with Gasteiger partial charge in [-0.2, -0.15) is 0 Å². The van der Waals surface area contributed by atoms with Crippen molar-refractivity contribution in [3.05, 3.63) is 234 Å². The largest absolute Gasteiger partial charge is 0.457 e. The molecular weight excluding hydrogens is 743 g/mol. The van der Waals surface area contributed by atoms with E-state index in [4.69, 9.17) is 9.15 Å². The maximum absolute atomic E-state index is 6.89. The number of fused-ring (bicyclic) bond motifs is 15. The van der Waals surface area contributed by atoms with E-state index in [1.54, 1.807) is 0 Å². The molecule has 0 fully saturated rings. The van der Waals surface area contributed by atoms with Gasteiger partial charge in [0.05, 0.1) is 16.5 Å². The normalized spacial score (nSPS) is 14.5. The molecule has 2 heterocycles. The van der Waals surface area contributed by atoms with Crippen molar-refractivity contribution in [2.24, 2.45) is 0 Å². The van der Waals surface area contributed by atoms with Crippen molar-refractivity contribution >= 4 is 39.0 Å². The predicted octanol–water partition coefficient (Wildman–Crippen LogP) is 15.5. The molecule has 10 aromatic rings. The number of para-hydroxylation sites is 2. The molecule has 0 bridgehead atoms. The minimum Gasteiger partial charge on any atom is -0.457 e. The van der Waals surface area contributed by atoms with Gasteiger partial charge in [-0.1, -0.05) is 153 Å². The van der Waals surface area contributed by atoms with Crippen LogP contribution in [0.5, 0.6) is 11.5 Å². The summed E-state index contributed by atoms with van der Waals surface area (Å²) in [7, 11) is 0. The van der Waals surface area contributed by atoms with Gasteiger partial charge < -0.3 is 14.1 Å². The van der Waals surface area contributed by atoms with Gasteiger partial charge in [0.25, 0.3) is 0 Å². The Morgan fingerprint density at radius 1 is 0.393 bits per heavy atom. The lowest BCUT2D eigenvalue weighted by molar-refractivity contribution is 0.436. The maximum atomic E-state index is 6.89. The second kappa shape index (κ2) is 12.5. The van der Waals surface area contributed by atoms with Crippen LogP contribution in [0.1, 0.15) is 47.2 Å². The Hall–Kier alpha value is -7.62. The molecule has 9 aromatic carbocycles. The predicted molar refractivity (Wildman–Crippen MR) is 249 cm³/mol. The van der Waals surface area contributed by atoms with Crippen LogP contribution in [0, 0.1) is 0 Å². The van der Waals surface area contributed by atoms with Crippen LogP contribution in [0.3, 0.4) is 0 Å². The lowest BCUT2D eigenvalue weighted by Crippen LogP contribution is -2.32. The summed E-state index contributed by atoms with van der Waals surface area (Å²) in [6.07, 6.45) is 0. The van der Waals surface area contributed by atoms with Gasteiger partial charge in [-0.3, -0.25) is 0 Å². The van der Waals surface area contributed by atoms with Gasteiger partial charge in [-0.15, -0.1) is 0 Å². The Bertz CT molecular complexity index is 3400. The first-order valence-electron chi connectivity index (χ1n) is 21.2. The fourth-order valence-electron chi connectivity index (χ4n) is 11.0. The number of rotatable bonds is 4. The molecule has 1 spiro atoms. The van der Waals surface area contributed by atoms with E-state index in [1.165, 1.54) is 55.6 Å². The number of hydrogen-bond donors (Lipinski definition) is 0. The minimum atomic E-state index is -0.592. The molecule has 0 unspecified atom stereocenters. The number of hydrogen-bond acceptors (Lipinski definition) is 3. The van der Waals surface area contributed by atoms with Crippen molar-refractivity contribution in [3.8, 4) is 44.9 Å². The smallest absolute Gasteiger partial charge is 0.137 e. The van der Waals surface area contributed by atoms with E-state index in [1.807, 2.05) is 6.07 Å². The van der Waals surface area contributed by atoms with Gasteiger partial charge in [0.15, 0.2) is 0 Å². The molecular formula is C58H39NO2. The fraction of sp³-hybridized carbons (Fsp3) is 0.0690. The molecule has 0 N–H and O–H groups in total. The van der Waals surface area contributed by atoms with Crippen molar-refractivity contribution in [3.63, 3.8) is 0 Å². The van der Waals surface area contributed by atoms with E-state index in [-0.39, 0.29) is 5.41 Å². The highest BCUT2D eigenvalue weighted by molar-refractivity contribution is 6.13. The molecule has 61 heavy (non-hydrogen) atoms. The summed E-state index contributed by atoms with van der Waals surface area (Å²) in [5, 5.41) is 2.17. The summed E-state index contributed by atoms with van der Waals surface area (Å²) in [5.74, 6) is 1.75. The van der Waals surface area contributed by atoms with Gasteiger partial charge in [-0.25, -0.2) is 0 Å². The third-order valence-electron chi connectivity index (χ3n) is 13.7. The molecule has 288 valence electrons. The summed E-state index contributed by atoms with van der Waals surface area (Å²) in [6.45, 7) is 4.73. The average Bonchev–Trinajstić information content (AvgIpc) is 3.91. The molecule has 0 atom stereocenters. The number of furan rings is 1. The Kier molecular flexibility index (Phi) is 6.99. The lowest BCUT2D eigenvalue weighted by Gasteiger charge is -2.40. The van der Waals surface area contributed by atoms with Crippen LogP contribution in [0.2, 0.25) is 0 Å². The Balaban J connectivity index is 1.07. The van der Waals surface area contributed by atoms with Gasteiger partial charge in [0.2, 0.25) is 0 Å². The van der Waals surface area contributed by atoms with Crippen molar-refractivity contribution in [2.45, 2.75) is 24.7 Å². The van der Waals surface area contributed by atoms with Crippen LogP contribution in [-0.4, -0.2) is 0 Å². The van der Waals surface area contributed by atoms with Crippen LogP contribution in [0.25, 0.3) is 55.3 Å². The van der Waals surface area contributed by atoms with Gasteiger partial charge >= 0.3 is 0 Å². The third-order valence-corrected chi connectivity index (χ3v) is 13.7. The van der Waals surface area contributed by atoms with Crippen LogP contribution >= 0.6 is 0 Å². The van der Waals surface area contributed by atoms with E-state index >= 15 is 0 Å². The van der Waals surface area contributed by atoms with E-state index in [9.17, 15) is 0 Å². The summed E-state index contributed by atoms with van der Waals surface area (Å²) >= 11 is 0. The zero-order chi connectivity index (χ0) is 40.5. The highest BCUT2D eigenvalue weighted by atomic mass is 16.5. The van der Waals surface area contributed by atoms with E-state index in [0.717, 1.165) is 61.6 Å². The molecule has 0 radical (unpaired) electrons. The minimum absolute atomic E-state index is 0.218. The van der Waals surface area contributed by atoms with E-state index in [0.29, 0.717) is 0 Å². The van der Waals surface area contributed by atoms with Crippen molar-refractivity contribution < 1.29 is 9.15 Å². The molecule has 3 nitrogen and oxygen atoms in total. The maximum Gasteiger partial charge on any atom is 0.137 e. The Labute approximate surface area is 354 Å². The quantitative estimate of drug-likeness (QED) is 0.178. The molecule has 2 aliphatic carbocycles. The van der Waals surface area contributed by atoms with E-state index < -0.39 is 5.41 Å². The van der Waals surface area contributed by atoms with Crippen molar-refractivity contribution in [2.75, 3.05) is 4.90 Å². The highest BCUT2D eigenvalue weighted by Crippen LogP contribution is 2.63. The summed E-state index contributed by atoms with van der Waals surface area (Å²) in [4.78, 5) is 2.44. The first-order chi connectivity index (χ1) is 30.0. The monoisotopic (exact) mass is 781 g/mol. The molecule has 0 amide bonds. The first-order valence-corrected chi connectivity index (χ1v) is 21.2. The molecule has 0 saturated heterocycles. The summed E-state index contributed by atoms with van der Waals surface area (Å²) in [6, 6.07) is 72.8. The number of anilines is 3. The lowest BCUT2D eigenvalue weighted by atomic mass is 9.66. The fourth-order valence-corrected chi connectivity index (χ4v) is 11.0. The van der Waals surface area contributed by atoms with Crippen LogP contribution in [-0.2, 0) is 10.8 Å². The highest BCUT2D eigenvalue weighted by Gasteiger charge is 2.51. The second-order valence-corrected chi connectivity index (χ2v) is 17.2. The molecule has 0 saturated carbocycles. The number of benzene rings is 9. The first kappa shape index (κ1) is 34.3. The SMILES string of the molecule is CC1(C)c2ccc(-c3ccccc3)cc2-c2ccc(N(c3ccc4c(c3)C3(c5ccccc5O4)c4ccccc4-c4ccccc43)c3cccc4oc5ccccc5c34)cc21. The van der Waals surface area contributed by atoms with Crippen LogP contribution in [0.4, 0.5) is 17.1 Å². The van der Waals surface area contributed by atoms with Gasteiger partial charge in [-0.05, 0) is 116 Å². The summed E-state index contributed by atoms with van der Waals surface area (Å²) < 4.78 is 13.4. The second-order valence-electron chi connectivity index (χ2n) is 17.2. The Morgan fingerprint density at radius 2 is 1.02 bits per heavy atom. The van der Waals surface area contributed by atoms with Crippen molar-refractivity contribution in [1.82, 2.24) is 0 Å². The Morgan fingerprint density at radius 3 is 1.82 bits per heavy atom. The zero-order valence-corrected chi connectivity index (χ0v) is 33.8. The summed E-state index contributed by atoms with van der Waals surface area (Å²) in [5.41, 5.74) is 19.1. The average molecular weight is 782 g/mol. The zero-order valence-electron chi connectivity index (χ0n) is 33.8. The van der Waals surface area contributed by atoms with Crippen LogP contribution < -0.4 is 9.64 Å². The number of nitrogens with zero attached hydrogens (tertiary/aromatic N) is 1. The van der Waals surface area contributed by atoms with Crippen molar-refractivity contribution in [1.29, 1.82) is 0 Å². The molecule has 1 aliphatic heterocycles. The van der Waals surface area contributed by atoms with Crippen LogP contribution in [0.15, 0.2) is 205 Å². The topological polar surface area (TPSA) is 25.6 Å². The molecule has 3 heteroatoms. The standard InChI is InChI=1S/C58H39NO2/c1-57(2)45-31-27-37(36-15-4-3-5-16-36)33-44(45)42-30-28-38(34-49(42)57)59(51-23-14-26-55-56(51)43-19-8-12-24-52(43)60-55)39-29-32-54-50(35-39)58(48-22-11-13-25-53(48)61-54)46-20-9-6-17-40(46)41-18-7-10-21-47(41)58/h3-35H,1-2H3. The molecule has 1 aromatic heterocycles. The third kappa shape index (κ3) is 4.63. The molecule has 3 aliphatic rings. The van der Waals surface area contributed by atoms with Gasteiger partial charge in [0, 0.05) is 33.3 Å². The number of ether oxygens (including phenoxy) is 1. The van der Waals surface area contributed by atoms with E-state index in [2.05, 4.69) is 213 Å². The van der Waals surface area contributed by atoms with Gasteiger partial charge in [0.1, 0.15) is 22.7 Å². The molecule has 13 rings (SSSR count).